The van der Waals surface area contributed by atoms with Gasteiger partial charge in [-0.2, -0.15) is 0 Å². The summed E-state index contributed by atoms with van der Waals surface area (Å²) in [5.41, 5.74) is 1.05. The minimum Gasteiger partial charge on any atom is -0.470 e. The van der Waals surface area contributed by atoms with Crippen molar-refractivity contribution in [1.82, 2.24) is 10.3 Å². The molecule has 1 aromatic heterocycles. The number of ether oxygens (including phenoxy) is 1. The van der Waals surface area contributed by atoms with E-state index in [0.717, 1.165) is 11.3 Å². The van der Waals surface area contributed by atoms with E-state index in [0.29, 0.717) is 0 Å². The fourth-order valence-electron chi connectivity index (χ4n) is 1.14. The van der Waals surface area contributed by atoms with E-state index < -0.39 is 0 Å². The van der Waals surface area contributed by atoms with E-state index in [1.54, 1.807) is 12.4 Å². The Balaban J connectivity index is 2.14. The van der Waals surface area contributed by atoms with Crippen LogP contribution in [0, 0.1) is 0 Å². The van der Waals surface area contributed by atoms with Crippen molar-refractivity contribution >= 4 is 0 Å². The van der Waals surface area contributed by atoms with E-state index in [2.05, 4.69) is 10.3 Å². The van der Waals surface area contributed by atoms with Crippen molar-refractivity contribution in [3.05, 3.63) is 42.0 Å². The molecule has 62 valence electrons. The summed E-state index contributed by atoms with van der Waals surface area (Å²) in [6, 6.07) is 3.88. The van der Waals surface area contributed by atoms with Crippen LogP contribution in [0.2, 0.25) is 0 Å². The number of hydrogen-bond donors (Lipinski definition) is 1. The Morgan fingerprint density at radius 3 is 3.08 bits per heavy atom. The molecule has 1 unspecified atom stereocenters. The van der Waals surface area contributed by atoms with Gasteiger partial charge in [0.2, 0.25) is 0 Å². The quantitative estimate of drug-likeness (QED) is 0.680. The molecule has 1 aromatic rings. The molecule has 0 bridgehead atoms. The van der Waals surface area contributed by atoms with Crippen LogP contribution in [0.15, 0.2) is 36.5 Å². The van der Waals surface area contributed by atoms with E-state index in [-0.39, 0.29) is 6.23 Å². The van der Waals surface area contributed by atoms with E-state index in [1.807, 2.05) is 25.3 Å². The van der Waals surface area contributed by atoms with Crippen molar-refractivity contribution in [2.24, 2.45) is 0 Å². The zero-order chi connectivity index (χ0) is 8.39. The van der Waals surface area contributed by atoms with Crippen molar-refractivity contribution in [2.75, 3.05) is 0 Å². The van der Waals surface area contributed by atoms with Gasteiger partial charge in [-0.25, -0.2) is 0 Å². The number of hydrogen-bond acceptors (Lipinski definition) is 3. The lowest BCUT2D eigenvalue weighted by Gasteiger charge is -2.11. The molecule has 12 heavy (non-hydrogen) atoms. The molecule has 1 aliphatic rings. The second kappa shape index (κ2) is 2.85. The highest BCUT2D eigenvalue weighted by Crippen LogP contribution is 2.20. The summed E-state index contributed by atoms with van der Waals surface area (Å²) in [7, 11) is 0. The lowest BCUT2D eigenvalue weighted by molar-refractivity contribution is 0.130. The molecule has 1 aliphatic heterocycles. The van der Waals surface area contributed by atoms with Crippen LogP contribution >= 0.6 is 0 Å². The standard InChI is InChI=1S/C9H10N2O/c1-7-5-11-9(12-7)8-3-2-4-10-6-8/h2-6,9,11H,1H3. The van der Waals surface area contributed by atoms with Gasteiger partial charge in [-0.3, -0.25) is 4.98 Å². The number of pyridine rings is 1. The second-order valence-corrected chi connectivity index (χ2v) is 2.71. The van der Waals surface area contributed by atoms with E-state index in [1.165, 1.54) is 0 Å². The van der Waals surface area contributed by atoms with Crippen LogP contribution < -0.4 is 5.32 Å². The van der Waals surface area contributed by atoms with Gasteiger partial charge in [0.05, 0.1) is 0 Å². The summed E-state index contributed by atoms with van der Waals surface area (Å²) in [6.07, 6.45) is 5.35. The number of allylic oxidation sites excluding steroid dienone is 1. The molecule has 0 aliphatic carbocycles. The molecular weight excluding hydrogens is 152 g/mol. The zero-order valence-electron chi connectivity index (χ0n) is 6.82. The van der Waals surface area contributed by atoms with Crippen molar-refractivity contribution in [2.45, 2.75) is 13.2 Å². The van der Waals surface area contributed by atoms with Crippen molar-refractivity contribution in [3.63, 3.8) is 0 Å². The minimum absolute atomic E-state index is 0.0568. The molecule has 0 spiro atoms. The summed E-state index contributed by atoms with van der Waals surface area (Å²) in [5, 5.41) is 3.10. The Kier molecular flexibility index (Phi) is 1.70. The second-order valence-electron chi connectivity index (χ2n) is 2.71. The van der Waals surface area contributed by atoms with Gasteiger partial charge in [-0.15, -0.1) is 0 Å². The van der Waals surface area contributed by atoms with Crippen LogP contribution in [-0.4, -0.2) is 4.98 Å². The maximum absolute atomic E-state index is 5.46. The highest BCUT2D eigenvalue weighted by atomic mass is 16.5. The molecule has 0 radical (unpaired) electrons. The summed E-state index contributed by atoms with van der Waals surface area (Å²) < 4.78 is 5.46. The predicted molar refractivity (Wildman–Crippen MR) is 45.0 cm³/mol. The number of nitrogens with one attached hydrogen (secondary N) is 1. The highest BCUT2D eigenvalue weighted by Gasteiger charge is 2.15. The van der Waals surface area contributed by atoms with E-state index in [4.69, 9.17) is 4.74 Å². The van der Waals surface area contributed by atoms with E-state index in [9.17, 15) is 0 Å². The highest BCUT2D eigenvalue weighted by molar-refractivity contribution is 5.15. The summed E-state index contributed by atoms with van der Waals surface area (Å²) in [5.74, 6) is 0.906. The molecule has 1 N–H and O–H groups in total. The largest absolute Gasteiger partial charge is 0.470 e. The first-order chi connectivity index (χ1) is 5.86. The van der Waals surface area contributed by atoms with Crippen LogP contribution in [0.25, 0.3) is 0 Å². The Labute approximate surface area is 71.1 Å². The Morgan fingerprint density at radius 2 is 2.50 bits per heavy atom. The maximum Gasteiger partial charge on any atom is 0.197 e. The molecular formula is C9H10N2O. The molecule has 0 aromatic carbocycles. The third-order valence-corrected chi connectivity index (χ3v) is 1.73. The average Bonchev–Trinajstić information content (AvgIpc) is 2.54. The van der Waals surface area contributed by atoms with Crippen molar-refractivity contribution < 1.29 is 4.74 Å². The fraction of sp³-hybridized carbons (Fsp3) is 0.222. The molecule has 0 saturated heterocycles. The average molecular weight is 162 g/mol. The minimum atomic E-state index is -0.0568. The molecule has 3 nitrogen and oxygen atoms in total. The van der Waals surface area contributed by atoms with Crippen LogP contribution in [0.1, 0.15) is 18.7 Å². The van der Waals surface area contributed by atoms with Gasteiger partial charge >= 0.3 is 0 Å². The topological polar surface area (TPSA) is 34.2 Å². The maximum atomic E-state index is 5.46. The Bertz CT molecular complexity index is 295. The number of aromatic nitrogens is 1. The van der Waals surface area contributed by atoms with Crippen LogP contribution in [-0.2, 0) is 4.74 Å². The van der Waals surface area contributed by atoms with Gasteiger partial charge in [0.15, 0.2) is 6.23 Å². The van der Waals surface area contributed by atoms with Gasteiger partial charge in [-0.1, -0.05) is 6.07 Å². The van der Waals surface area contributed by atoms with Gasteiger partial charge in [0.1, 0.15) is 5.76 Å². The van der Waals surface area contributed by atoms with Gasteiger partial charge < -0.3 is 10.1 Å². The zero-order valence-corrected chi connectivity index (χ0v) is 6.82. The smallest absolute Gasteiger partial charge is 0.197 e. The first-order valence-electron chi connectivity index (χ1n) is 3.85. The third kappa shape index (κ3) is 1.25. The number of rotatable bonds is 1. The summed E-state index contributed by atoms with van der Waals surface area (Å²) in [4.78, 5) is 4.01. The molecule has 0 saturated carbocycles. The van der Waals surface area contributed by atoms with Crippen LogP contribution in [0.3, 0.4) is 0 Å². The monoisotopic (exact) mass is 162 g/mol. The molecule has 1 atom stereocenters. The van der Waals surface area contributed by atoms with Crippen LogP contribution in [0.4, 0.5) is 0 Å². The SMILES string of the molecule is CC1=CNC(c2cccnc2)O1. The molecule has 2 rings (SSSR count). The lowest BCUT2D eigenvalue weighted by atomic mass is 10.2. The molecule has 0 fully saturated rings. The third-order valence-electron chi connectivity index (χ3n) is 1.73. The summed E-state index contributed by atoms with van der Waals surface area (Å²) in [6.45, 7) is 1.92. The fourth-order valence-corrected chi connectivity index (χ4v) is 1.14. The van der Waals surface area contributed by atoms with E-state index >= 15 is 0 Å². The van der Waals surface area contributed by atoms with Gasteiger partial charge in [-0.05, 0) is 13.0 Å². The normalized spacial score (nSPS) is 21.1. The predicted octanol–water partition coefficient (Wildman–Crippen LogP) is 1.56. The number of nitrogens with zero attached hydrogens (tertiary/aromatic N) is 1. The Hall–Kier alpha value is -1.51. The molecule has 2 heterocycles. The molecule has 3 heteroatoms. The first-order valence-corrected chi connectivity index (χ1v) is 3.85. The summed E-state index contributed by atoms with van der Waals surface area (Å²) >= 11 is 0. The van der Waals surface area contributed by atoms with Crippen LogP contribution in [0.5, 0.6) is 0 Å². The van der Waals surface area contributed by atoms with Crippen molar-refractivity contribution in [1.29, 1.82) is 0 Å². The Morgan fingerprint density at radius 1 is 1.58 bits per heavy atom. The first kappa shape index (κ1) is 7.16. The van der Waals surface area contributed by atoms with Gasteiger partial charge in [0, 0.05) is 24.2 Å². The lowest BCUT2D eigenvalue weighted by Crippen LogP contribution is -2.11. The molecule has 0 amide bonds. The van der Waals surface area contributed by atoms with Crippen molar-refractivity contribution in [3.8, 4) is 0 Å². The van der Waals surface area contributed by atoms with Gasteiger partial charge in [0.25, 0.3) is 0 Å².